The average Bonchev–Trinajstić information content (AvgIpc) is 2.06. The smallest absolute Gasteiger partial charge is 0.119 e. The highest BCUT2D eigenvalue weighted by molar-refractivity contribution is 5.90. The van der Waals surface area contributed by atoms with Crippen molar-refractivity contribution < 1.29 is 4.74 Å². The molecule has 1 saturated heterocycles. The van der Waals surface area contributed by atoms with Crippen LogP contribution in [0, 0.1) is 5.41 Å². The van der Waals surface area contributed by atoms with Gasteiger partial charge in [-0.1, -0.05) is 0 Å². The number of amidine groups is 1. The molecule has 1 aliphatic rings. The molecule has 0 unspecified atom stereocenters. The summed E-state index contributed by atoms with van der Waals surface area (Å²) in [5.74, 6) is 0.379. The second kappa shape index (κ2) is 4.77. The predicted octanol–water partition coefficient (Wildman–Crippen LogP) is 0.205. The predicted molar refractivity (Wildman–Crippen MR) is 48.0 cm³/mol. The lowest BCUT2D eigenvalue weighted by molar-refractivity contribution is 0.0825. The topological polar surface area (TPSA) is 71.1 Å². The maximum absolute atomic E-state index is 7.41. The van der Waals surface area contributed by atoms with Gasteiger partial charge in [-0.3, -0.25) is 5.41 Å². The van der Waals surface area contributed by atoms with Crippen molar-refractivity contribution in [2.75, 3.05) is 13.2 Å². The van der Waals surface area contributed by atoms with Crippen LogP contribution in [0.2, 0.25) is 0 Å². The molecular formula is C8H15N3O. The van der Waals surface area contributed by atoms with E-state index in [1.54, 1.807) is 6.08 Å². The van der Waals surface area contributed by atoms with Gasteiger partial charge in [0, 0.05) is 19.3 Å². The van der Waals surface area contributed by atoms with Gasteiger partial charge in [-0.15, -0.1) is 0 Å². The van der Waals surface area contributed by atoms with Crippen molar-refractivity contribution in [1.29, 1.82) is 5.41 Å². The fraction of sp³-hybridized carbons (Fsp3) is 0.625. The summed E-state index contributed by atoms with van der Waals surface area (Å²) in [5, 5.41) is 10.5. The first-order valence-corrected chi connectivity index (χ1v) is 4.14. The molecule has 0 saturated carbocycles. The maximum Gasteiger partial charge on any atom is 0.119 e. The Kier molecular flexibility index (Phi) is 3.60. The molecule has 0 spiro atoms. The Bertz CT molecular complexity index is 173. The number of hydrogen-bond donors (Lipinski definition) is 3. The van der Waals surface area contributed by atoms with Gasteiger partial charge in [0.15, 0.2) is 0 Å². The van der Waals surface area contributed by atoms with Crippen LogP contribution < -0.4 is 11.1 Å². The van der Waals surface area contributed by atoms with E-state index in [2.05, 4.69) is 5.32 Å². The molecule has 4 N–H and O–H groups in total. The van der Waals surface area contributed by atoms with Gasteiger partial charge in [0.05, 0.1) is 0 Å². The highest BCUT2D eigenvalue weighted by Crippen LogP contribution is 2.05. The molecule has 0 bridgehead atoms. The lowest BCUT2D eigenvalue weighted by Gasteiger charge is -2.23. The SMILES string of the molecule is N=C(/C=C\N)NC1CCOCC1. The molecule has 4 heteroatoms. The van der Waals surface area contributed by atoms with Crippen LogP contribution in [-0.4, -0.2) is 25.1 Å². The minimum Gasteiger partial charge on any atom is -0.404 e. The van der Waals surface area contributed by atoms with E-state index in [-0.39, 0.29) is 0 Å². The zero-order chi connectivity index (χ0) is 8.81. The lowest BCUT2D eigenvalue weighted by Crippen LogP contribution is -2.37. The Balaban J connectivity index is 2.24. The monoisotopic (exact) mass is 169 g/mol. The fourth-order valence-electron chi connectivity index (χ4n) is 1.21. The van der Waals surface area contributed by atoms with Gasteiger partial charge < -0.3 is 15.8 Å². The normalized spacial score (nSPS) is 19.7. The number of nitrogens with two attached hydrogens (primary N) is 1. The van der Waals surface area contributed by atoms with Gasteiger partial charge in [0.25, 0.3) is 0 Å². The molecule has 68 valence electrons. The van der Waals surface area contributed by atoms with Crippen LogP contribution >= 0.6 is 0 Å². The van der Waals surface area contributed by atoms with E-state index in [0.717, 1.165) is 26.1 Å². The molecule has 0 aromatic rings. The van der Waals surface area contributed by atoms with Crippen molar-refractivity contribution in [3.8, 4) is 0 Å². The third kappa shape index (κ3) is 2.92. The van der Waals surface area contributed by atoms with Gasteiger partial charge in [-0.05, 0) is 25.1 Å². The Hall–Kier alpha value is -1.03. The van der Waals surface area contributed by atoms with Crippen LogP contribution in [0.4, 0.5) is 0 Å². The average molecular weight is 169 g/mol. The van der Waals surface area contributed by atoms with Crippen LogP contribution in [0.15, 0.2) is 12.3 Å². The molecule has 0 radical (unpaired) electrons. The molecule has 1 aliphatic heterocycles. The Morgan fingerprint density at radius 2 is 2.17 bits per heavy atom. The lowest BCUT2D eigenvalue weighted by atomic mass is 10.1. The quantitative estimate of drug-likeness (QED) is 0.408. The van der Waals surface area contributed by atoms with E-state index in [1.807, 2.05) is 0 Å². The maximum atomic E-state index is 7.41. The van der Waals surface area contributed by atoms with Gasteiger partial charge in [-0.25, -0.2) is 0 Å². The summed E-state index contributed by atoms with van der Waals surface area (Å²) in [5.41, 5.74) is 5.15. The van der Waals surface area contributed by atoms with Crippen molar-refractivity contribution in [3.63, 3.8) is 0 Å². The van der Waals surface area contributed by atoms with Crippen LogP contribution in [0.25, 0.3) is 0 Å². The molecule has 1 fully saturated rings. The van der Waals surface area contributed by atoms with Gasteiger partial charge >= 0.3 is 0 Å². The second-order valence-electron chi connectivity index (χ2n) is 2.80. The van der Waals surface area contributed by atoms with Gasteiger partial charge in [0.2, 0.25) is 0 Å². The van der Waals surface area contributed by atoms with E-state index >= 15 is 0 Å². The third-order valence-corrected chi connectivity index (χ3v) is 1.84. The van der Waals surface area contributed by atoms with E-state index in [1.165, 1.54) is 6.20 Å². The van der Waals surface area contributed by atoms with E-state index < -0.39 is 0 Å². The standard InChI is InChI=1S/C8H15N3O/c9-4-1-8(10)11-7-2-5-12-6-3-7/h1,4,7H,2-3,5-6,9H2,(H2,10,11)/b4-1-. The fourth-order valence-corrected chi connectivity index (χ4v) is 1.21. The summed E-state index contributed by atoms with van der Waals surface area (Å²) in [6.45, 7) is 1.58. The summed E-state index contributed by atoms with van der Waals surface area (Å²) >= 11 is 0. The summed E-state index contributed by atoms with van der Waals surface area (Å²) in [7, 11) is 0. The Morgan fingerprint density at radius 3 is 2.75 bits per heavy atom. The van der Waals surface area contributed by atoms with Crippen LogP contribution in [-0.2, 0) is 4.74 Å². The molecule has 0 aromatic heterocycles. The van der Waals surface area contributed by atoms with Gasteiger partial charge in [-0.2, -0.15) is 0 Å². The zero-order valence-corrected chi connectivity index (χ0v) is 7.05. The molecular weight excluding hydrogens is 154 g/mol. The van der Waals surface area contributed by atoms with E-state index in [9.17, 15) is 0 Å². The second-order valence-corrected chi connectivity index (χ2v) is 2.80. The minimum atomic E-state index is 0.377. The first kappa shape index (κ1) is 9.06. The largest absolute Gasteiger partial charge is 0.404 e. The highest BCUT2D eigenvalue weighted by atomic mass is 16.5. The van der Waals surface area contributed by atoms with Crippen LogP contribution in [0.5, 0.6) is 0 Å². The number of nitrogens with one attached hydrogen (secondary N) is 2. The third-order valence-electron chi connectivity index (χ3n) is 1.84. The van der Waals surface area contributed by atoms with Crippen molar-refractivity contribution in [2.24, 2.45) is 5.73 Å². The molecule has 0 atom stereocenters. The van der Waals surface area contributed by atoms with Gasteiger partial charge in [0.1, 0.15) is 5.84 Å². The number of hydrogen-bond acceptors (Lipinski definition) is 3. The molecule has 0 aliphatic carbocycles. The van der Waals surface area contributed by atoms with E-state index in [4.69, 9.17) is 15.9 Å². The Morgan fingerprint density at radius 1 is 1.50 bits per heavy atom. The van der Waals surface area contributed by atoms with Crippen LogP contribution in [0.3, 0.4) is 0 Å². The summed E-state index contributed by atoms with van der Waals surface area (Å²) < 4.78 is 5.19. The number of rotatable bonds is 2. The first-order valence-electron chi connectivity index (χ1n) is 4.14. The molecule has 4 nitrogen and oxygen atoms in total. The number of ether oxygens (including phenoxy) is 1. The molecule has 12 heavy (non-hydrogen) atoms. The van der Waals surface area contributed by atoms with Crippen molar-refractivity contribution >= 4 is 5.84 Å². The summed E-state index contributed by atoms with van der Waals surface area (Å²) in [6.07, 6.45) is 4.87. The molecule has 1 heterocycles. The van der Waals surface area contributed by atoms with Crippen molar-refractivity contribution in [2.45, 2.75) is 18.9 Å². The highest BCUT2D eigenvalue weighted by Gasteiger charge is 2.12. The zero-order valence-electron chi connectivity index (χ0n) is 7.05. The summed E-state index contributed by atoms with van der Waals surface area (Å²) in [6, 6.07) is 0.377. The van der Waals surface area contributed by atoms with Crippen molar-refractivity contribution in [3.05, 3.63) is 12.3 Å². The molecule has 0 aromatic carbocycles. The van der Waals surface area contributed by atoms with Crippen LogP contribution in [0.1, 0.15) is 12.8 Å². The molecule has 1 rings (SSSR count). The first-order chi connectivity index (χ1) is 5.83. The minimum absolute atomic E-state index is 0.377. The van der Waals surface area contributed by atoms with E-state index in [0.29, 0.717) is 11.9 Å². The molecule has 0 amide bonds. The summed E-state index contributed by atoms with van der Waals surface area (Å²) in [4.78, 5) is 0. The van der Waals surface area contributed by atoms with Crippen molar-refractivity contribution in [1.82, 2.24) is 5.32 Å². The Labute approximate surface area is 72.3 Å².